The van der Waals surface area contributed by atoms with Crippen LogP contribution in [0.1, 0.15) is 38.9 Å². The van der Waals surface area contributed by atoms with Crippen LogP contribution in [0.3, 0.4) is 0 Å². The van der Waals surface area contributed by atoms with E-state index in [-0.39, 0.29) is 29.3 Å². The molecule has 0 radical (unpaired) electrons. The van der Waals surface area contributed by atoms with Gasteiger partial charge in [0.2, 0.25) is 0 Å². The van der Waals surface area contributed by atoms with Crippen LogP contribution in [-0.4, -0.2) is 23.4 Å². The fourth-order valence-corrected chi connectivity index (χ4v) is 3.25. The third-order valence-electron chi connectivity index (χ3n) is 5.49. The zero-order chi connectivity index (χ0) is 27.5. The van der Waals surface area contributed by atoms with Gasteiger partial charge in [-0.2, -0.15) is 0 Å². The highest BCUT2D eigenvalue weighted by molar-refractivity contribution is 6.03. The van der Waals surface area contributed by atoms with Crippen molar-refractivity contribution in [3.8, 4) is 5.75 Å². The van der Waals surface area contributed by atoms with Crippen molar-refractivity contribution < 1.29 is 23.1 Å². The third kappa shape index (κ3) is 7.67. The summed E-state index contributed by atoms with van der Waals surface area (Å²) in [4.78, 5) is 32.3. The molecule has 0 saturated heterocycles. The molecule has 38 heavy (non-hydrogen) atoms. The van der Waals surface area contributed by atoms with E-state index in [4.69, 9.17) is 4.74 Å². The van der Waals surface area contributed by atoms with Gasteiger partial charge in [-0.15, -0.1) is 0 Å². The van der Waals surface area contributed by atoms with Gasteiger partial charge in [0.25, 0.3) is 5.91 Å². The average molecular weight is 519 g/mol. The minimum absolute atomic E-state index is 0.00639. The Balaban J connectivity index is 1.64. The molecule has 0 saturated carbocycles. The van der Waals surface area contributed by atoms with Crippen LogP contribution in [0.4, 0.5) is 20.2 Å². The SMILES string of the molecule is CC\C(F)=C/C=C(C)/C(C=O)=C/N/C=C(\C)C(=O)Nc1ccc(OC2C=CC=Nc3ccncc32)c(F)c1. The van der Waals surface area contributed by atoms with E-state index in [1.165, 1.54) is 36.7 Å². The minimum Gasteiger partial charge on any atom is -0.478 e. The third-order valence-corrected chi connectivity index (χ3v) is 5.49. The monoisotopic (exact) mass is 518 g/mol. The van der Waals surface area contributed by atoms with Gasteiger partial charge >= 0.3 is 0 Å². The molecule has 1 amide bonds. The van der Waals surface area contributed by atoms with Crippen molar-refractivity contribution in [2.24, 2.45) is 4.99 Å². The van der Waals surface area contributed by atoms with Crippen LogP contribution in [0.5, 0.6) is 5.75 Å². The molecule has 0 spiro atoms. The predicted octanol–water partition coefficient (Wildman–Crippen LogP) is 6.34. The van der Waals surface area contributed by atoms with E-state index in [2.05, 4.69) is 20.6 Å². The molecular formula is C29H28F2N4O3. The van der Waals surface area contributed by atoms with Gasteiger partial charge in [-0.3, -0.25) is 19.6 Å². The smallest absolute Gasteiger partial charge is 0.252 e. The highest BCUT2D eigenvalue weighted by Crippen LogP contribution is 2.32. The number of ether oxygens (including phenoxy) is 1. The topological polar surface area (TPSA) is 92.7 Å². The summed E-state index contributed by atoms with van der Waals surface area (Å²) in [5.41, 5.74) is 2.74. The quantitative estimate of drug-likeness (QED) is 0.218. The number of amides is 1. The standard InChI is InChI=1S/C29H28F2N4O3/c1-4-22(30)8-7-19(2)21(18-36)16-33-15-20(3)29(37)35-23-9-10-28(25(31)14-23)38-27-6-5-12-34-26-11-13-32-17-24(26)27/h5-18,27,33H,4H2,1-3H3,(H,35,37)/b19-7+,20-15+,21-16+,22-8+. The van der Waals surface area contributed by atoms with Gasteiger partial charge in [-0.25, -0.2) is 8.78 Å². The number of aldehydes is 1. The number of carbonyl (C=O) groups excluding carboxylic acids is 2. The lowest BCUT2D eigenvalue weighted by atomic mass is 10.1. The largest absolute Gasteiger partial charge is 0.478 e. The van der Waals surface area contributed by atoms with E-state index >= 15 is 0 Å². The van der Waals surface area contributed by atoms with Crippen LogP contribution in [0.2, 0.25) is 0 Å². The molecule has 2 heterocycles. The second-order valence-corrected chi connectivity index (χ2v) is 8.26. The number of aromatic nitrogens is 1. The molecule has 9 heteroatoms. The van der Waals surface area contributed by atoms with Crippen LogP contribution in [0, 0.1) is 5.82 Å². The molecule has 1 atom stereocenters. The lowest BCUT2D eigenvalue weighted by Gasteiger charge is -2.17. The molecule has 7 nitrogen and oxygen atoms in total. The Labute approximate surface area is 220 Å². The fourth-order valence-electron chi connectivity index (χ4n) is 3.25. The van der Waals surface area contributed by atoms with Crippen LogP contribution in [0.25, 0.3) is 0 Å². The summed E-state index contributed by atoms with van der Waals surface area (Å²) >= 11 is 0. The number of nitrogens with one attached hydrogen (secondary N) is 2. The zero-order valence-electron chi connectivity index (χ0n) is 21.2. The van der Waals surface area contributed by atoms with Crippen LogP contribution in [-0.2, 0) is 9.59 Å². The number of hydrogen-bond acceptors (Lipinski definition) is 6. The molecule has 0 aliphatic carbocycles. The normalized spacial score (nSPS) is 16.0. The number of halogens is 2. The summed E-state index contributed by atoms with van der Waals surface area (Å²) in [7, 11) is 0. The first-order chi connectivity index (χ1) is 18.3. The van der Waals surface area contributed by atoms with Crippen molar-refractivity contribution in [3.05, 3.63) is 107 Å². The van der Waals surface area contributed by atoms with Crippen molar-refractivity contribution in [1.29, 1.82) is 0 Å². The maximum absolute atomic E-state index is 14.8. The summed E-state index contributed by atoms with van der Waals surface area (Å²) in [6, 6.07) is 5.87. The van der Waals surface area contributed by atoms with E-state index in [1.807, 2.05) is 0 Å². The Morgan fingerprint density at radius 1 is 1.16 bits per heavy atom. The molecule has 0 bridgehead atoms. The average Bonchev–Trinajstić information content (AvgIpc) is 3.13. The van der Waals surface area contributed by atoms with Crippen molar-refractivity contribution in [1.82, 2.24) is 10.3 Å². The number of anilines is 1. The van der Waals surface area contributed by atoms with Gasteiger partial charge in [-0.1, -0.05) is 13.0 Å². The second kappa shape index (κ2) is 13.6. The number of pyridine rings is 1. The minimum atomic E-state index is -0.652. The zero-order valence-corrected chi connectivity index (χ0v) is 21.2. The first kappa shape index (κ1) is 27.9. The Morgan fingerprint density at radius 2 is 1.97 bits per heavy atom. The number of allylic oxidation sites excluding steroid dienone is 6. The predicted molar refractivity (Wildman–Crippen MR) is 144 cm³/mol. The van der Waals surface area contributed by atoms with Crippen molar-refractivity contribution in [2.45, 2.75) is 33.3 Å². The maximum atomic E-state index is 14.8. The Hall–Kier alpha value is -4.66. The Bertz CT molecular complexity index is 1370. The fraction of sp³-hybridized carbons (Fsp3) is 0.172. The summed E-state index contributed by atoms with van der Waals surface area (Å²) in [5.74, 6) is -1.42. The first-order valence-electron chi connectivity index (χ1n) is 11.9. The molecule has 1 aromatic heterocycles. The maximum Gasteiger partial charge on any atom is 0.252 e. The number of benzene rings is 1. The number of rotatable bonds is 10. The van der Waals surface area contributed by atoms with Crippen LogP contribution >= 0.6 is 0 Å². The second-order valence-electron chi connectivity index (χ2n) is 8.26. The molecule has 1 aromatic carbocycles. The van der Waals surface area contributed by atoms with Crippen LogP contribution in [0.15, 0.2) is 101 Å². The van der Waals surface area contributed by atoms with E-state index in [1.54, 1.807) is 57.6 Å². The lowest BCUT2D eigenvalue weighted by Crippen LogP contribution is -2.15. The number of hydrogen-bond donors (Lipinski definition) is 2. The van der Waals surface area contributed by atoms with Crippen molar-refractivity contribution in [3.63, 3.8) is 0 Å². The summed E-state index contributed by atoms with van der Waals surface area (Å²) in [6.45, 7) is 4.91. The van der Waals surface area contributed by atoms with E-state index < -0.39 is 17.8 Å². The van der Waals surface area contributed by atoms with Crippen molar-refractivity contribution >= 4 is 29.8 Å². The molecule has 1 aliphatic rings. The molecule has 0 fully saturated rings. The molecular weight excluding hydrogens is 490 g/mol. The molecule has 2 aromatic rings. The van der Waals surface area contributed by atoms with Gasteiger partial charge in [0.05, 0.1) is 11.5 Å². The Morgan fingerprint density at radius 3 is 2.71 bits per heavy atom. The van der Waals surface area contributed by atoms with Crippen LogP contribution < -0.4 is 15.4 Å². The molecule has 196 valence electrons. The molecule has 3 rings (SSSR count). The number of carbonyl (C=O) groups is 2. The van der Waals surface area contributed by atoms with Crippen molar-refractivity contribution in [2.75, 3.05) is 5.32 Å². The Kier molecular flexibility index (Phi) is 9.99. The number of fused-ring (bicyclic) bond motifs is 1. The summed E-state index contributed by atoms with van der Waals surface area (Å²) < 4.78 is 34.0. The van der Waals surface area contributed by atoms with Gasteiger partial charge in [0.1, 0.15) is 6.10 Å². The van der Waals surface area contributed by atoms with E-state index in [0.717, 1.165) is 6.07 Å². The van der Waals surface area contributed by atoms with Gasteiger partial charge < -0.3 is 15.4 Å². The first-order valence-corrected chi connectivity index (χ1v) is 11.9. The lowest BCUT2D eigenvalue weighted by molar-refractivity contribution is -0.112. The van der Waals surface area contributed by atoms with Gasteiger partial charge in [0, 0.05) is 59.5 Å². The van der Waals surface area contributed by atoms with Gasteiger partial charge in [0.15, 0.2) is 17.9 Å². The molecule has 2 N–H and O–H groups in total. The summed E-state index contributed by atoms with van der Waals surface area (Å²) in [6.07, 6.45) is 14.2. The number of nitrogens with zero attached hydrogens (tertiary/aromatic N) is 2. The van der Waals surface area contributed by atoms with E-state index in [0.29, 0.717) is 28.7 Å². The van der Waals surface area contributed by atoms with E-state index in [9.17, 15) is 18.4 Å². The highest BCUT2D eigenvalue weighted by atomic mass is 19.1. The highest BCUT2D eigenvalue weighted by Gasteiger charge is 2.18. The molecule has 1 unspecified atom stereocenters. The van der Waals surface area contributed by atoms with Gasteiger partial charge in [-0.05, 0) is 62.3 Å². The molecule has 1 aliphatic heterocycles. The summed E-state index contributed by atoms with van der Waals surface area (Å²) in [5, 5.41) is 5.39. The number of aliphatic imine (C=N–C) groups is 1.